The number of halogens is 1. The Balaban J connectivity index is 2.76. The zero-order valence-corrected chi connectivity index (χ0v) is 13.1. The lowest BCUT2D eigenvalue weighted by Gasteiger charge is -2.22. The Hall–Kier alpha value is -0.540. The highest BCUT2D eigenvalue weighted by atomic mass is 79.9. The molecule has 1 aromatic rings. The van der Waals surface area contributed by atoms with Crippen molar-refractivity contribution in [3.8, 4) is 0 Å². The van der Waals surface area contributed by atoms with Crippen molar-refractivity contribution in [3.63, 3.8) is 0 Å². The molecule has 1 aromatic carbocycles. The molecule has 0 amide bonds. The quantitative estimate of drug-likeness (QED) is 0.910. The summed E-state index contributed by atoms with van der Waals surface area (Å²) in [6, 6.07) is 6.54. The fourth-order valence-electron chi connectivity index (χ4n) is 1.46. The van der Waals surface area contributed by atoms with Crippen LogP contribution in [0.3, 0.4) is 0 Å². The first-order valence-corrected chi connectivity index (χ1v) is 6.87. The molecule has 0 aliphatic carbocycles. The van der Waals surface area contributed by atoms with Crippen molar-refractivity contribution in [2.45, 2.75) is 39.8 Å². The number of anilines is 1. The number of hydrogen-bond donors (Lipinski definition) is 1. The maximum Gasteiger partial charge on any atom is 0.0375 e. The third kappa shape index (κ3) is 4.68. The van der Waals surface area contributed by atoms with E-state index in [1.165, 1.54) is 15.7 Å². The molecule has 0 radical (unpaired) electrons. The molecule has 0 fully saturated rings. The predicted octanol–water partition coefficient (Wildman–Crippen LogP) is 3.79. The molecule has 3 heteroatoms. The van der Waals surface area contributed by atoms with E-state index in [2.05, 4.69) is 79.1 Å². The largest absolute Gasteiger partial charge is 0.375 e. The van der Waals surface area contributed by atoms with E-state index in [-0.39, 0.29) is 5.54 Å². The number of benzene rings is 1. The van der Waals surface area contributed by atoms with Gasteiger partial charge in [0.05, 0.1) is 0 Å². The van der Waals surface area contributed by atoms with Gasteiger partial charge in [0.2, 0.25) is 0 Å². The van der Waals surface area contributed by atoms with E-state index in [1.807, 2.05) is 0 Å². The molecule has 1 N–H and O–H groups in total. The van der Waals surface area contributed by atoms with Gasteiger partial charge in [-0.2, -0.15) is 0 Å². The maximum absolute atomic E-state index is 3.65. The molecule has 0 aliphatic rings. The lowest BCUT2D eigenvalue weighted by molar-refractivity contribution is 0.424. The summed E-state index contributed by atoms with van der Waals surface area (Å²) in [4.78, 5) is 2.23. The molecule has 0 atom stereocenters. The normalized spacial score (nSPS) is 11.6. The van der Waals surface area contributed by atoms with Crippen LogP contribution < -0.4 is 10.2 Å². The second-order valence-corrected chi connectivity index (χ2v) is 6.25. The van der Waals surface area contributed by atoms with E-state index >= 15 is 0 Å². The Labute approximate surface area is 114 Å². The molecule has 1 rings (SSSR count). The van der Waals surface area contributed by atoms with Gasteiger partial charge in [0.1, 0.15) is 0 Å². The minimum Gasteiger partial charge on any atom is -0.375 e. The number of hydrogen-bond acceptors (Lipinski definition) is 2. The molecule has 0 spiro atoms. The standard InChI is InChI=1S/C14H23BrN2/c1-6-17(5)12-8-7-11(13(15)9-12)10-16-14(2,3)4/h7-9,16H,6,10H2,1-5H3. The number of nitrogens with one attached hydrogen (secondary N) is 1. The molecule has 0 bridgehead atoms. The van der Waals surface area contributed by atoms with Crippen LogP contribution in [0.1, 0.15) is 33.3 Å². The molecule has 0 heterocycles. The van der Waals surface area contributed by atoms with Gasteiger partial charge in [0.15, 0.2) is 0 Å². The molecule has 0 unspecified atom stereocenters. The van der Waals surface area contributed by atoms with E-state index in [1.54, 1.807) is 0 Å². The Bertz CT molecular complexity index is 369. The van der Waals surface area contributed by atoms with E-state index in [0.29, 0.717) is 0 Å². The van der Waals surface area contributed by atoms with Gasteiger partial charge >= 0.3 is 0 Å². The molecule has 96 valence electrons. The third-order valence-electron chi connectivity index (χ3n) is 2.76. The van der Waals surface area contributed by atoms with Crippen LogP contribution in [0.15, 0.2) is 22.7 Å². The monoisotopic (exact) mass is 298 g/mol. The van der Waals surface area contributed by atoms with E-state index in [0.717, 1.165) is 13.1 Å². The van der Waals surface area contributed by atoms with E-state index < -0.39 is 0 Å². The van der Waals surface area contributed by atoms with Crippen LogP contribution in [-0.2, 0) is 6.54 Å². The summed E-state index contributed by atoms with van der Waals surface area (Å²) in [6.45, 7) is 10.6. The lowest BCUT2D eigenvalue weighted by Crippen LogP contribution is -2.35. The van der Waals surface area contributed by atoms with Gasteiger partial charge in [0.25, 0.3) is 0 Å². The van der Waals surface area contributed by atoms with E-state index in [9.17, 15) is 0 Å². The Morgan fingerprint density at radius 3 is 2.41 bits per heavy atom. The number of rotatable bonds is 4. The Morgan fingerprint density at radius 1 is 1.29 bits per heavy atom. The average molecular weight is 299 g/mol. The number of nitrogens with zero attached hydrogens (tertiary/aromatic N) is 1. The zero-order chi connectivity index (χ0) is 13.1. The minimum atomic E-state index is 0.151. The van der Waals surface area contributed by atoms with Crippen LogP contribution in [0.25, 0.3) is 0 Å². The first kappa shape index (κ1) is 14.5. The van der Waals surface area contributed by atoms with Gasteiger partial charge in [-0.1, -0.05) is 22.0 Å². The summed E-state index contributed by atoms with van der Waals surface area (Å²) in [5.41, 5.74) is 2.70. The Kier molecular flexibility index (Phi) is 5.02. The third-order valence-corrected chi connectivity index (χ3v) is 3.50. The second kappa shape index (κ2) is 5.87. The molecule has 17 heavy (non-hydrogen) atoms. The fraction of sp³-hybridized carbons (Fsp3) is 0.571. The maximum atomic E-state index is 3.65. The van der Waals surface area contributed by atoms with Crippen LogP contribution in [0, 0.1) is 0 Å². The van der Waals surface area contributed by atoms with E-state index in [4.69, 9.17) is 0 Å². The molecule has 0 aromatic heterocycles. The van der Waals surface area contributed by atoms with Crippen molar-refractivity contribution in [1.29, 1.82) is 0 Å². The predicted molar refractivity (Wildman–Crippen MR) is 79.7 cm³/mol. The smallest absolute Gasteiger partial charge is 0.0375 e. The van der Waals surface area contributed by atoms with Crippen LogP contribution in [0.4, 0.5) is 5.69 Å². The minimum absolute atomic E-state index is 0.151. The van der Waals surface area contributed by atoms with Gasteiger partial charge in [-0.05, 0) is 45.4 Å². The molecule has 0 saturated carbocycles. The SMILES string of the molecule is CCN(C)c1ccc(CNC(C)(C)C)c(Br)c1. The average Bonchev–Trinajstić information content (AvgIpc) is 2.25. The molecular formula is C14H23BrN2. The highest BCUT2D eigenvalue weighted by Gasteiger charge is 2.10. The highest BCUT2D eigenvalue weighted by Crippen LogP contribution is 2.24. The molecular weight excluding hydrogens is 276 g/mol. The fourth-order valence-corrected chi connectivity index (χ4v) is 1.97. The van der Waals surface area contributed by atoms with Crippen LogP contribution in [0.2, 0.25) is 0 Å². The van der Waals surface area contributed by atoms with Gasteiger partial charge in [-0.25, -0.2) is 0 Å². The lowest BCUT2D eigenvalue weighted by atomic mass is 10.1. The summed E-state index contributed by atoms with van der Waals surface area (Å²) in [5, 5.41) is 3.50. The summed E-state index contributed by atoms with van der Waals surface area (Å²) >= 11 is 3.65. The van der Waals surface area contributed by atoms with Crippen molar-refractivity contribution in [3.05, 3.63) is 28.2 Å². The first-order chi connectivity index (χ1) is 7.83. The van der Waals surface area contributed by atoms with Crippen molar-refractivity contribution < 1.29 is 0 Å². The topological polar surface area (TPSA) is 15.3 Å². The summed E-state index contributed by atoms with van der Waals surface area (Å²) < 4.78 is 1.17. The van der Waals surface area contributed by atoms with Gasteiger partial charge in [-0.3, -0.25) is 0 Å². The molecule has 0 aliphatic heterocycles. The van der Waals surface area contributed by atoms with Crippen LogP contribution >= 0.6 is 15.9 Å². The Morgan fingerprint density at radius 2 is 1.94 bits per heavy atom. The molecule has 2 nitrogen and oxygen atoms in total. The second-order valence-electron chi connectivity index (χ2n) is 5.39. The van der Waals surface area contributed by atoms with Gasteiger partial charge in [-0.15, -0.1) is 0 Å². The first-order valence-electron chi connectivity index (χ1n) is 6.08. The van der Waals surface area contributed by atoms with Crippen LogP contribution in [0.5, 0.6) is 0 Å². The summed E-state index contributed by atoms with van der Waals surface area (Å²) in [6.07, 6.45) is 0. The van der Waals surface area contributed by atoms with Gasteiger partial charge in [0, 0.05) is 35.8 Å². The zero-order valence-electron chi connectivity index (χ0n) is 11.5. The van der Waals surface area contributed by atoms with Crippen molar-refractivity contribution in [2.75, 3.05) is 18.5 Å². The highest BCUT2D eigenvalue weighted by molar-refractivity contribution is 9.10. The summed E-state index contributed by atoms with van der Waals surface area (Å²) in [5.74, 6) is 0. The molecule has 0 saturated heterocycles. The summed E-state index contributed by atoms with van der Waals surface area (Å²) in [7, 11) is 2.11. The van der Waals surface area contributed by atoms with Crippen molar-refractivity contribution in [2.24, 2.45) is 0 Å². The van der Waals surface area contributed by atoms with Crippen molar-refractivity contribution in [1.82, 2.24) is 5.32 Å². The van der Waals surface area contributed by atoms with Crippen molar-refractivity contribution >= 4 is 21.6 Å². The van der Waals surface area contributed by atoms with Gasteiger partial charge < -0.3 is 10.2 Å². The van der Waals surface area contributed by atoms with Crippen LogP contribution in [-0.4, -0.2) is 19.1 Å².